The summed E-state index contributed by atoms with van der Waals surface area (Å²) in [5.74, 6) is 1.47. The number of ether oxygens (including phenoxy) is 3. The summed E-state index contributed by atoms with van der Waals surface area (Å²) in [6.07, 6.45) is 12.8. The molecular formula is C33H45N3O5. The van der Waals surface area contributed by atoms with Crippen molar-refractivity contribution in [3.05, 3.63) is 47.3 Å². The van der Waals surface area contributed by atoms with E-state index in [2.05, 4.69) is 28.1 Å². The van der Waals surface area contributed by atoms with Gasteiger partial charge < -0.3 is 24.1 Å². The van der Waals surface area contributed by atoms with Gasteiger partial charge in [0.2, 0.25) is 0 Å². The Balaban J connectivity index is 1.39. The first-order valence-corrected chi connectivity index (χ1v) is 15.4. The summed E-state index contributed by atoms with van der Waals surface area (Å²) in [7, 11) is 0. The minimum atomic E-state index is -0.345. The van der Waals surface area contributed by atoms with Crippen molar-refractivity contribution in [1.29, 1.82) is 0 Å². The zero-order valence-electron chi connectivity index (χ0n) is 24.6. The van der Waals surface area contributed by atoms with Crippen LogP contribution in [0.25, 0.3) is 16.6 Å². The van der Waals surface area contributed by atoms with Crippen LogP contribution in [0.5, 0.6) is 0 Å². The van der Waals surface area contributed by atoms with Crippen molar-refractivity contribution in [2.75, 3.05) is 26.4 Å². The van der Waals surface area contributed by atoms with Crippen molar-refractivity contribution in [1.82, 2.24) is 14.9 Å². The Morgan fingerprint density at radius 1 is 1.10 bits per heavy atom. The molecule has 1 N–H and O–H groups in total. The van der Waals surface area contributed by atoms with Crippen molar-refractivity contribution >= 4 is 28.9 Å². The molecule has 8 nitrogen and oxygen atoms in total. The van der Waals surface area contributed by atoms with Crippen molar-refractivity contribution in [3.8, 4) is 0 Å². The fourth-order valence-corrected chi connectivity index (χ4v) is 6.40. The number of carbonyl (C=O) groups is 2. The molecule has 0 spiro atoms. The van der Waals surface area contributed by atoms with E-state index in [4.69, 9.17) is 19.2 Å². The van der Waals surface area contributed by atoms with Crippen LogP contribution in [0.15, 0.2) is 35.9 Å². The second-order valence-electron chi connectivity index (χ2n) is 11.8. The van der Waals surface area contributed by atoms with Gasteiger partial charge in [0, 0.05) is 45.1 Å². The smallest absolute Gasteiger partial charge is 0.323 e. The number of aldehydes is 1. The molecule has 0 radical (unpaired) electrons. The molecule has 2 saturated heterocycles. The molecule has 1 saturated carbocycles. The van der Waals surface area contributed by atoms with E-state index >= 15 is 0 Å². The van der Waals surface area contributed by atoms with E-state index in [9.17, 15) is 9.59 Å². The molecule has 2 aliphatic heterocycles. The Kier molecular flexibility index (Phi) is 10.4. The number of carbonyl (C=O) groups excluding carboxylic acids is 2. The summed E-state index contributed by atoms with van der Waals surface area (Å²) in [6, 6.07) is 6.06. The van der Waals surface area contributed by atoms with Gasteiger partial charge in [0.1, 0.15) is 24.3 Å². The predicted octanol–water partition coefficient (Wildman–Crippen LogP) is 5.38. The first kappa shape index (κ1) is 29.7. The molecule has 222 valence electrons. The molecule has 1 aliphatic carbocycles. The first-order valence-electron chi connectivity index (χ1n) is 15.4. The van der Waals surface area contributed by atoms with Crippen molar-refractivity contribution in [2.24, 2.45) is 11.8 Å². The van der Waals surface area contributed by atoms with E-state index in [1.165, 1.54) is 0 Å². The molecule has 3 fully saturated rings. The van der Waals surface area contributed by atoms with E-state index in [1.54, 1.807) is 0 Å². The summed E-state index contributed by atoms with van der Waals surface area (Å²) in [5, 5.41) is 3.56. The van der Waals surface area contributed by atoms with Gasteiger partial charge >= 0.3 is 5.97 Å². The maximum atomic E-state index is 13.3. The second-order valence-corrected chi connectivity index (χ2v) is 11.8. The molecule has 8 heteroatoms. The Bertz CT molecular complexity index is 1250. The predicted molar refractivity (Wildman–Crippen MR) is 159 cm³/mol. The summed E-state index contributed by atoms with van der Waals surface area (Å²) in [6.45, 7) is 8.17. The normalized spacial score (nSPS) is 20.9. The zero-order valence-corrected chi connectivity index (χ0v) is 24.6. The Morgan fingerprint density at radius 2 is 1.80 bits per heavy atom. The number of nitrogens with one attached hydrogen (secondary N) is 1. The molecule has 0 amide bonds. The van der Waals surface area contributed by atoms with Crippen LogP contribution in [0.1, 0.15) is 76.6 Å². The lowest BCUT2D eigenvalue weighted by atomic mass is 9.91. The van der Waals surface area contributed by atoms with Crippen LogP contribution in [0.4, 0.5) is 0 Å². The monoisotopic (exact) mass is 563 g/mol. The molecule has 0 bridgehead atoms. The highest BCUT2D eigenvalue weighted by Gasteiger charge is 2.33. The Morgan fingerprint density at radius 3 is 2.49 bits per heavy atom. The van der Waals surface area contributed by atoms with E-state index in [0.29, 0.717) is 31.2 Å². The van der Waals surface area contributed by atoms with Crippen molar-refractivity contribution in [2.45, 2.75) is 90.4 Å². The third-order valence-corrected chi connectivity index (χ3v) is 8.83. The van der Waals surface area contributed by atoms with Crippen LogP contribution in [-0.2, 0) is 36.9 Å². The molecule has 5 rings (SSSR count). The van der Waals surface area contributed by atoms with E-state index in [0.717, 1.165) is 105 Å². The van der Waals surface area contributed by atoms with Crippen LogP contribution >= 0.6 is 0 Å². The van der Waals surface area contributed by atoms with Crippen LogP contribution in [0.3, 0.4) is 0 Å². The number of hydrogen-bond donors (Lipinski definition) is 1. The Labute approximate surface area is 243 Å². The van der Waals surface area contributed by atoms with Gasteiger partial charge in [0.05, 0.1) is 11.0 Å². The molecule has 2 aromatic rings. The second kappa shape index (κ2) is 14.4. The molecule has 1 unspecified atom stereocenters. The number of fused-ring (bicyclic) bond motifs is 1. The van der Waals surface area contributed by atoms with Gasteiger partial charge in [0.15, 0.2) is 0 Å². The van der Waals surface area contributed by atoms with Crippen LogP contribution < -0.4 is 5.32 Å². The lowest BCUT2D eigenvalue weighted by Gasteiger charge is -2.30. The van der Waals surface area contributed by atoms with Crippen LogP contribution in [0, 0.1) is 11.8 Å². The van der Waals surface area contributed by atoms with E-state index in [1.807, 2.05) is 26.0 Å². The summed E-state index contributed by atoms with van der Waals surface area (Å²) in [4.78, 5) is 29.8. The van der Waals surface area contributed by atoms with E-state index < -0.39 is 0 Å². The number of rotatable bonds is 11. The maximum absolute atomic E-state index is 13.3. The number of hydrogen-bond acceptors (Lipinski definition) is 7. The highest BCUT2D eigenvalue weighted by molar-refractivity contribution is 5.86. The van der Waals surface area contributed by atoms with Crippen LogP contribution in [0.2, 0.25) is 0 Å². The molecule has 41 heavy (non-hydrogen) atoms. The van der Waals surface area contributed by atoms with Gasteiger partial charge in [-0.05, 0) is 106 Å². The van der Waals surface area contributed by atoms with Gasteiger partial charge in [0.25, 0.3) is 0 Å². The highest BCUT2D eigenvalue weighted by Crippen LogP contribution is 2.29. The van der Waals surface area contributed by atoms with Crippen molar-refractivity contribution < 1.29 is 23.8 Å². The minimum Gasteiger partial charge on any atom is -0.461 e. The number of esters is 1. The fraction of sp³-hybridized carbons (Fsp3) is 0.606. The zero-order chi connectivity index (χ0) is 28.6. The SMILES string of the molecule is C/C=C(\C=C(\C)C=O)c1nc2cc(CNC(C(=O)OC3CCCC3)C3CCOCC3)ccc2n1CC1CCOCC1. The summed E-state index contributed by atoms with van der Waals surface area (Å²) >= 11 is 0. The quantitative estimate of drug-likeness (QED) is 0.170. The fourth-order valence-electron chi connectivity index (χ4n) is 6.40. The number of imidazole rings is 1. The lowest BCUT2D eigenvalue weighted by Crippen LogP contribution is -2.46. The van der Waals surface area contributed by atoms with Gasteiger partial charge in [-0.1, -0.05) is 12.1 Å². The molecular weight excluding hydrogens is 518 g/mol. The van der Waals surface area contributed by atoms with Gasteiger partial charge in [-0.2, -0.15) is 0 Å². The van der Waals surface area contributed by atoms with E-state index in [-0.39, 0.29) is 24.0 Å². The highest BCUT2D eigenvalue weighted by atomic mass is 16.5. The average Bonchev–Trinajstić information content (AvgIpc) is 3.64. The summed E-state index contributed by atoms with van der Waals surface area (Å²) < 4.78 is 19.4. The number of nitrogens with zero attached hydrogens (tertiary/aromatic N) is 2. The van der Waals surface area contributed by atoms with Crippen LogP contribution in [-0.4, -0.2) is 60.4 Å². The minimum absolute atomic E-state index is 0.0545. The third-order valence-electron chi connectivity index (χ3n) is 8.83. The first-order chi connectivity index (χ1) is 20.1. The van der Waals surface area contributed by atoms with Gasteiger partial charge in [-0.3, -0.25) is 9.59 Å². The van der Waals surface area contributed by atoms with Crippen molar-refractivity contribution in [3.63, 3.8) is 0 Å². The molecule has 3 heterocycles. The number of aromatic nitrogens is 2. The van der Waals surface area contributed by atoms with Gasteiger partial charge in [-0.25, -0.2) is 4.98 Å². The number of benzene rings is 1. The topological polar surface area (TPSA) is 91.7 Å². The molecule has 1 atom stereocenters. The molecule has 3 aliphatic rings. The lowest BCUT2D eigenvalue weighted by molar-refractivity contribution is -0.154. The average molecular weight is 564 g/mol. The molecule has 1 aromatic carbocycles. The largest absolute Gasteiger partial charge is 0.461 e. The summed E-state index contributed by atoms with van der Waals surface area (Å²) in [5.41, 5.74) is 4.67. The Hall–Kier alpha value is -2.81. The molecule has 1 aromatic heterocycles. The number of allylic oxidation sites excluding steroid dienone is 4. The maximum Gasteiger partial charge on any atom is 0.323 e. The standard InChI is InChI=1S/C33H45N3O5/c1-3-26(18-23(2)22-37)32-35-29-19-25(8-9-30(29)36(32)21-24-10-14-39-15-11-24)20-34-31(27-12-16-40-17-13-27)33(38)41-28-6-4-5-7-28/h3,8-9,18-19,22,24,27-28,31,34H,4-7,10-17,20-21H2,1-2H3/b23-18-,26-3+. The third kappa shape index (κ3) is 7.53. The van der Waals surface area contributed by atoms with Gasteiger partial charge in [-0.15, -0.1) is 0 Å².